The van der Waals surface area contributed by atoms with E-state index in [9.17, 15) is 23.5 Å². The maximum atomic E-state index is 15.8. The van der Waals surface area contributed by atoms with E-state index < -0.39 is 40.9 Å². The predicted octanol–water partition coefficient (Wildman–Crippen LogP) is 7.63. The Morgan fingerprint density at radius 1 is 0.975 bits per heavy atom. The summed E-state index contributed by atoms with van der Waals surface area (Å²) in [6.45, 7) is 2.77. The highest BCUT2D eigenvalue weighted by molar-refractivity contribution is 6.30. The number of nitrogens with zero attached hydrogens (tertiary/aromatic N) is 3. The van der Waals surface area contributed by atoms with E-state index in [1.807, 2.05) is 0 Å². The zero-order valence-electron chi connectivity index (χ0n) is 21.9. The molecule has 3 aromatic carbocycles. The molecule has 4 aromatic rings. The second kappa shape index (κ2) is 10.6. The number of hydrogen-bond acceptors (Lipinski definition) is 3. The van der Waals surface area contributed by atoms with Gasteiger partial charge in [0.2, 0.25) is 5.91 Å². The minimum Gasteiger partial charge on any atom is -0.481 e. The predicted molar refractivity (Wildman–Crippen MR) is 147 cm³/mol. The van der Waals surface area contributed by atoms with Gasteiger partial charge in [-0.1, -0.05) is 24.1 Å². The van der Waals surface area contributed by atoms with Gasteiger partial charge in [0.05, 0.1) is 22.6 Å². The highest BCUT2D eigenvalue weighted by atomic mass is 35.5. The maximum absolute atomic E-state index is 15.8. The summed E-state index contributed by atoms with van der Waals surface area (Å²) in [6, 6.07) is 12.9. The zero-order valence-corrected chi connectivity index (χ0v) is 22.7. The van der Waals surface area contributed by atoms with E-state index in [0.29, 0.717) is 42.1 Å². The standard InChI is InChI=1S/C30H27ClF3N3O3/c1-17(29(39)40)20-8-11-26(24(34)14-20)36(18(2)38)30(12-4-3-5-13-30)37-27-16-23(33)22(32)15-25(27)35-28(37)19-6-9-21(31)10-7-19/h6-11,14-17H,3-5,12-13H2,1-2H3,(H,39,40). The number of carbonyl (C=O) groups is 2. The van der Waals surface area contributed by atoms with Crippen LogP contribution in [0.1, 0.15) is 57.4 Å². The molecule has 1 saturated carbocycles. The van der Waals surface area contributed by atoms with Crippen LogP contribution in [0.3, 0.4) is 0 Å². The number of fused-ring (bicyclic) bond motifs is 1. The van der Waals surface area contributed by atoms with Crippen molar-refractivity contribution in [1.82, 2.24) is 9.55 Å². The smallest absolute Gasteiger partial charge is 0.310 e. The van der Waals surface area contributed by atoms with E-state index >= 15 is 4.39 Å². The van der Waals surface area contributed by atoms with Crippen LogP contribution in [-0.4, -0.2) is 26.5 Å². The van der Waals surface area contributed by atoms with Crippen LogP contribution in [0.2, 0.25) is 5.02 Å². The number of carboxylic acid groups (broad SMARTS) is 1. The van der Waals surface area contributed by atoms with Gasteiger partial charge in [0.1, 0.15) is 17.3 Å². The summed E-state index contributed by atoms with van der Waals surface area (Å²) >= 11 is 6.12. The number of rotatable bonds is 6. The van der Waals surface area contributed by atoms with Gasteiger partial charge in [0.25, 0.3) is 0 Å². The Balaban J connectivity index is 1.81. The maximum Gasteiger partial charge on any atom is 0.310 e. The van der Waals surface area contributed by atoms with E-state index in [4.69, 9.17) is 11.6 Å². The van der Waals surface area contributed by atoms with Crippen LogP contribution >= 0.6 is 11.6 Å². The number of imidazole rings is 1. The van der Waals surface area contributed by atoms with Gasteiger partial charge in [-0.2, -0.15) is 0 Å². The molecule has 1 aromatic heterocycles. The van der Waals surface area contributed by atoms with Crippen LogP contribution in [0.4, 0.5) is 18.9 Å². The second-order valence-electron chi connectivity index (χ2n) is 10.2. The average molecular weight is 570 g/mol. The molecule has 1 amide bonds. The largest absolute Gasteiger partial charge is 0.481 e. The Morgan fingerprint density at radius 2 is 1.62 bits per heavy atom. The number of aromatic nitrogens is 2. The van der Waals surface area contributed by atoms with Gasteiger partial charge in [-0.25, -0.2) is 18.2 Å². The average Bonchev–Trinajstić information content (AvgIpc) is 3.28. The van der Waals surface area contributed by atoms with Gasteiger partial charge in [0.15, 0.2) is 11.6 Å². The van der Waals surface area contributed by atoms with Crippen molar-refractivity contribution in [2.75, 3.05) is 4.90 Å². The van der Waals surface area contributed by atoms with Crippen molar-refractivity contribution in [2.45, 2.75) is 57.5 Å². The van der Waals surface area contributed by atoms with Crippen molar-refractivity contribution in [1.29, 1.82) is 0 Å². The molecule has 0 radical (unpaired) electrons. The van der Waals surface area contributed by atoms with Crippen LogP contribution < -0.4 is 4.90 Å². The fraction of sp³-hybridized carbons (Fsp3) is 0.300. The molecule has 5 rings (SSSR count). The molecular formula is C30H27ClF3N3O3. The number of carboxylic acids is 1. The summed E-state index contributed by atoms with van der Waals surface area (Å²) in [5, 5.41) is 9.88. The van der Waals surface area contributed by atoms with Crippen molar-refractivity contribution in [3.05, 3.63) is 82.6 Å². The first kappa shape index (κ1) is 27.7. The minimum absolute atomic E-state index is 0.0396. The molecule has 0 saturated heterocycles. The third-order valence-corrected chi connectivity index (χ3v) is 7.94. The summed E-state index contributed by atoms with van der Waals surface area (Å²) in [5.41, 5.74) is 0.0290. The Kier molecular flexibility index (Phi) is 7.35. The minimum atomic E-state index is -1.22. The Hall–Kier alpha value is -3.85. The lowest BCUT2D eigenvalue weighted by Gasteiger charge is -2.48. The Labute approximate surface area is 234 Å². The summed E-state index contributed by atoms with van der Waals surface area (Å²) in [7, 11) is 0. The normalized spacial score (nSPS) is 15.7. The Bertz CT molecular complexity index is 1610. The molecule has 1 unspecified atom stereocenters. The van der Waals surface area contributed by atoms with Crippen molar-refractivity contribution in [3.8, 4) is 11.4 Å². The molecule has 1 N–H and O–H groups in total. The Morgan fingerprint density at radius 3 is 2.23 bits per heavy atom. The lowest BCUT2D eigenvalue weighted by atomic mass is 9.85. The number of carbonyl (C=O) groups excluding carboxylic acids is 1. The number of anilines is 1. The molecule has 0 spiro atoms. The quantitative estimate of drug-likeness (QED) is 0.259. The number of halogens is 4. The molecule has 6 nitrogen and oxygen atoms in total. The highest BCUT2D eigenvalue weighted by Gasteiger charge is 2.45. The number of aliphatic carboxylic acids is 1. The third-order valence-electron chi connectivity index (χ3n) is 7.68. The van der Waals surface area contributed by atoms with Gasteiger partial charge in [0, 0.05) is 29.6 Å². The van der Waals surface area contributed by atoms with Crippen LogP contribution in [0.25, 0.3) is 22.4 Å². The topological polar surface area (TPSA) is 75.4 Å². The summed E-state index contributed by atoms with van der Waals surface area (Å²) in [5.74, 6) is -5.07. The van der Waals surface area contributed by atoms with E-state index in [-0.39, 0.29) is 22.3 Å². The monoisotopic (exact) mass is 569 g/mol. The molecule has 1 aliphatic rings. The zero-order chi connectivity index (χ0) is 28.8. The molecule has 1 atom stereocenters. The van der Waals surface area contributed by atoms with E-state index in [1.165, 1.54) is 30.9 Å². The summed E-state index contributed by atoms with van der Waals surface area (Å²) in [6.07, 6.45) is 3.03. The van der Waals surface area contributed by atoms with Crippen molar-refractivity contribution in [3.63, 3.8) is 0 Å². The molecule has 208 valence electrons. The van der Waals surface area contributed by atoms with Crippen molar-refractivity contribution in [2.24, 2.45) is 0 Å². The molecule has 1 fully saturated rings. The first-order chi connectivity index (χ1) is 19.0. The van der Waals surface area contributed by atoms with Gasteiger partial charge in [-0.05, 0) is 74.6 Å². The molecule has 1 heterocycles. The molecular weight excluding hydrogens is 543 g/mol. The number of amides is 1. The second-order valence-corrected chi connectivity index (χ2v) is 10.6. The van der Waals surface area contributed by atoms with Gasteiger partial charge in [-0.15, -0.1) is 0 Å². The van der Waals surface area contributed by atoms with Crippen molar-refractivity contribution < 1.29 is 27.9 Å². The molecule has 40 heavy (non-hydrogen) atoms. The molecule has 10 heteroatoms. The first-order valence-corrected chi connectivity index (χ1v) is 13.4. The molecule has 0 bridgehead atoms. The summed E-state index contributed by atoms with van der Waals surface area (Å²) in [4.78, 5) is 31.0. The van der Waals surface area contributed by atoms with Crippen LogP contribution in [0.5, 0.6) is 0 Å². The summed E-state index contributed by atoms with van der Waals surface area (Å²) < 4.78 is 46.6. The first-order valence-electron chi connectivity index (χ1n) is 13.0. The van der Waals surface area contributed by atoms with E-state index in [2.05, 4.69) is 4.98 Å². The third kappa shape index (κ3) is 4.72. The molecule has 1 aliphatic carbocycles. The number of hydrogen-bond donors (Lipinski definition) is 1. The van der Waals surface area contributed by atoms with Crippen LogP contribution in [0.15, 0.2) is 54.6 Å². The van der Waals surface area contributed by atoms with Gasteiger partial charge < -0.3 is 5.11 Å². The van der Waals surface area contributed by atoms with E-state index in [0.717, 1.165) is 24.6 Å². The van der Waals surface area contributed by atoms with Crippen LogP contribution in [0, 0.1) is 17.5 Å². The van der Waals surface area contributed by atoms with E-state index in [1.54, 1.807) is 28.8 Å². The SMILES string of the molecule is CC(=O)N(c1ccc(C(C)C(=O)O)cc1F)C1(n2c(-c3ccc(Cl)cc3)nc3cc(F)c(F)cc32)CCCCC1. The lowest BCUT2D eigenvalue weighted by molar-refractivity contribution is -0.138. The highest BCUT2D eigenvalue weighted by Crippen LogP contribution is 2.46. The fourth-order valence-electron chi connectivity index (χ4n) is 5.76. The number of benzene rings is 3. The van der Waals surface area contributed by atoms with Crippen LogP contribution in [-0.2, 0) is 15.3 Å². The van der Waals surface area contributed by atoms with Crippen molar-refractivity contribution >= 4 is 40.2 Å². The molecule has 0 aliphatic heterocycles. The van der Waals surface area contributed by atoms with Gasteiger partial charge in [-0.3, -0.25) is 19.1 Å². The lowest BCUT2D eigenvalue weighted by Crippen LogP contribution is -2.55. The fourth-order valence-corrected chi connectivity index (χ4v) is 5.88. The van der Waals surface area contributed by atoms with Gasteiger partial charge >= 0.3 is 5.97 Å².